The smallest absolute Gasteiger partial charge is 0.166 e. The maximum absolute atomic E-state index is 13.3. The van der Waals surface area contributed by atoms with E-state index in [1.54, 1.807) is 12.1 Å². The summed E-state index contributed by atoms with van der Waals surface area (Å²) in [7, 11) is -1.01. The Hall–Kier alpha value is -0.391. The molecule has 0 bridgehead atoms. The fourth-order valence-corrected chi connectivity index (χ4v) is 15.4. The molecule has 226 valence electrons. The van der Waals surface area contributed by atoms with Crippen LogP contribution in [-0.2, 0) is 23.2 Å². The summed E-state index contributed by atoms with van der Waals surface area (Å²) >= 11 is 0. The van der Waals surface area contributed by atoms with Gasteiger partial charge in [0.05, 0.1) is 5.56 Å². The van der Waals surface area contributed by atoms with E-state index in [1.165, 1.54) is 74.4 Å². The van der Waals surface area contributed by atoms with Gasteiger partial charge in [-0.3, -0.25) is 0 Å². The summed E-state index contributed by atoms with van der Waals surface area (Å²) in [5, 5.41) is 2.86. The molecular formula is C34H51F3FeP2. The van der Waals surface area contributed by atoms with Crippen LogP contribution in [0.2, 0.25) is 0 Å². The summed E-state index contributed by atoms with van der Waals surface area (Å²) in [5.41, 5.74) is 1.75. The first-order chi connectivity index (χ1) is 18.1. The molecule has 0 heterocycles. The molecule has 0 N–H and O–H groups in total. The molecule has 2 aromatic carbocycles. The number of hydrogen-bond donors (Lipinski definition) is 0. The summed E-state index contributed by atoms with van der Waals surface area (Å²) in [6.07, 6.45) is 6.96. The Morgan fingerprint density at radius 3 is 1.50 bits per heavy atom. The van der Waals surface area contributed by atoms with E-state index in [0.29, 0.717) is 17.2 Å². The van der Waals surface area contributed by atoms with E-state index in [1.807, 2.05) is 0 Å². The zero-order valence-electron chi connectivity index (χ0n) is 25.9. The summed E-state index contributed by atoms with van der Waals surface area (Å²) in [4.78, 5) is 0. The molecule has 4 rings (SSSR count). The SMILES string of the molecule is C1CCCC1.Cc1ccc(P(c2ccc(C(F)(F)F)cc2)[C@H](C)C2CCCC2P(C(C)(C)C)C(C)(C)C)cc1.[Fe]. The van der Waals surface area contributed by atoms with Gasteiger partial charge in [0.25, 0.3) is 0 Å². The van der Waals surface area contributed by atoms with Gasteiger partial charge in [0.1, 0.15) is 0 Å². The van der Waals surface area contributed by atoms with E-state index >= 15 is 0 Å². The molecule has 2 fully saturated rings. The normalized spacial score (nSPS) is 21.4. The molecule has 0 aromatic heterocycles. The predicted octanol–water partition coefficient (Wildman–Crippen LogP) is 11.0. The Kier molecular flexibility index (Phi) is 13.3. The minimum absolute atomic E-state index is 0. The molecule has 6 heteroatoms. The maximum atomic E-state index is 13.3. The Bertz CT molecular complexity index is 994. The van der Waals surface area contributed by atoms with Crippen molar-refractivity contribution in [1.82, 2.24) is 0 Å². The van der Waals surface area contributed by atoms with Gasteiger partial charge in [-0.25, -0.2) is 0 Å². The van der Waals surface area contributed by atoms with Gasteiger partial charge in [-0.1, -0.05) is 137 Å². The monoisotopic (exact) mass is 634 g/mol. The Labute approximate surface area is 256 Å². The van der Waals surface area contributed by atoms with Gasteiger partial charge in [-0.05, 0) is 78.0 Å². The summed E-state index contributed by atoms with van der Waals surface area (Å²) in [6, 6.07) is 14.7. The van der Waals surface area contributed by atoms with Gasteiger partial charge in [-0.2, -0.15) is 13.2 Å². The van der Waals surface area contributed by atoms with Crippen molar-refractivity contribution in [2.75, 3.05) is 0 Å². The third-order valence-electron chi connectivity index (χ3n) is 8.37. The van der Waals surface area contributed by atoms with Crippen LogP contribution < -0.4 is 10.6 Å². The van der Waals surface area contributed by atoms with Crippen LogP contribution in [0, 0.1) is 12.8 Å². The first-order valence-electron chi connectivity index (χ1n) is 14.9. The Morgan fingerprint density at radius 2 is 1.10 bits per heavy atom. The molecule has 0 spiro atoms. The van der Waals surface area contributed by atoms with E-state index in [9.17, 15) is 13.2 Å². The Morgan fingerprint density at radius 1 is 0.675 bits per heavy atom. The summed E-state index contributed by atoms with van der Waals surface area (Å²) in [5.74, 6) is 0.597. The van der Waals surface area contributed by atoms with Crippen LogP contribution in [-0.4, -0.2) is 21.6 Å². The first kappa shape index (κ1) is 35.8. The number of hydrogen-bond acceptors (Lipinski definition) is 0. The van der Waals surface area contributed by atoms with Crippen molar-refractivity contribution in [3.8, 4) is 0 Å². The van der Waals surface area contributed by atoms with Gasteiger partial charge in [-0.15, -0.1) is 0 Å². The van der Waals surface area contributed by atoms with Gasteiger partial charge < -0.3 is 0 Å². The van der Waals surface area contributed by atoms with Crippen molar-refractivity contribution in [1.29, 1.82) is 0 Å². The average molecular weight is 635 g/mol. The minimum atomic E-state index is -4.30. The molecule has 0 radical (unpaired) electrons. The Balaban J connectivity index is 0.000000840. The van der Waals surface area contributed by atoms with E-state index in [0.717, 1.165) is 5.30 Å². The van der Waals surface area contributed by atoms with Crippen LogP contribution in [0.1, 0.15) is 111 Å². The van der Waals surface area contributed by atoms with Gasteiger partial charge in [0, 0.05) is 17.1 Å². The third-order valence-corrected chi connectivity index (χ3v) is 15.5. The van der Waals surface area contributed by atoms with Crippen molar-refractivity contribution >= 4 is 26.5 Å². The molecule has 40 heavy (non-hydrogen) atoms. The first-order valence-corrected chi connectivity index (χ1v) is 17.8. The van der Waals surface area contributed by atoms with Crippen LogP contribution in [0.15, 0.2) is 48.5 Å². The standard InChI is InChI=1S/C29H41F3P2.C5H10.Fe/c1-20-12-16-23(17-13-20)33(24-18-14-22(15-19-24)29(30,31)32)21(2)25-10-9-11-26(25)34(27(3,4)5)28(6,7)8;1-2-4-5-3-1;/h12-19,21,25-26H,9-11H2,1-8H3;1-5H2;/t21-,25?,26?,33?;;/m1../s1. The maximum Gasteiger partial charge on any atom is 0.416 e. The van der Waals surface area contributed by atoms with E-state index in [-0.39, 0.29) is 35.3 Å². The average Bonchev–Trinajstić information content (AvgIpc) is 3.54. The second-order valence-electron chi connectivity index (χ2n) is 13.6. The van der Waals surface area contributed by atoms with Crippen molar-refractivity contribution < 1.29 is 30.2 Å². The fourth-order valence-electron chi connectivity index (χ4n) is 7.06. The van der Waals surface area contributed by atoms with Crippen molar-refractivity contribution in [3.05, 3.63) is 59.7 Å². The molecule has 0 amide bonds. The van der Waals surface area contributed by atoms with Gasteiger partial charge >= 0.3 is 6.18 Å². The van der Waals surface area contributed by atoms with E-state index in [2.05, 4.69) is 79.7 Å². The molecule has 2 aliphatic rings. The minimum Gasteiger partial charge on any atom is -0.166 e. The number of halogens is 3. The van der Waals surface area contributed by atoms with Gasteiger partial charge in [0.2, 0.25) is 0 Å². The predicted molar refractivity (Wildman–Crippen MR) is 169 cm³/mol. The van der Waals surface area contributed by atoms with Crippen LogP contribution in [0.5, 0.6) is 0 Å². The van der Waals surface area contributed by atoms with Crippen LogP contribution >= 0.6 is 15.8 Å². The summed E-state index contributed by atoms with van der Waals surface area (Å²) < 4.78 is 39.8. The largest absolute Gasteiger partial charge is 0.416 e. The zero-order valence-corrected chi connectivity index (χ0v) is 28.8. The third kappa shape index (κ3) is 9.56. The van der Waals surface area contributed by atoms with Crippen molar-refractivity contribution in [2.24, 2.45) is 5.92 Å². The van der Waals surface area contributed by atoms with Crippen LogP contribution in [0.3, 0.4) is 0 Å². The molecular weight excluding hydrogens is 583 g/mol. The van der Waals surface area contributed by atoms with Crippen molar-refractivity contribution in [3.63, 3.8) is 0 Å². The second-order valence-corrected chi connectivity index (χ2v) is 20.3. The van der Waals surface area contributed by atoms with Crippen molar-refractivity contribution in [2.45, 2.75) is 135 Å². The van der Waals surface area contributed by atoms with Crippen LogP contribution in [0.25, 0.3) is 0 Å². The van der Waals surface area contributed by atoms with E-state index in [4.69, 9.17) is 0 Å². The molecule has 2 aromatic rings. The molecule has 0 saturated heterocycles. The van der Waals surface area contributed by atoms with Crippen LogP contribution in [0.4, 0.5) is 13.2 Å². The summed E-state index contributed by atoms with van der Waals surface area (Å²) in [6.45, 7) is 18.9. The molecule has 0 nitrogen and oxygen atoms in total. The number of benzene rings is 2. The molecule has 3 unspecified atom stereocenters. The topological polar surface area (TPSA) is 0 Å². The quantitative estimate of drug-likeness (QED) is 0.227. The second kappa shape index (κ2) is 14.9. The number of aryl methyl sites for hydroxylation is 1. The molecule has 2 aliphatic carbocycles. The number of rotatable bonds is 5. The molecule has 0 aliphatic heterocycles. The van der Waals surface area contributed by atoms with Gasteiger partial charge in [0.15, 0.2) is 0 Å². The van der Waals surface area contributed by atoms with E-state index < -0.39 is 19.7 Å². The molecule has 4 atom stereocenters. The zero-order chi connectivity index (χ0) is 29.0. The number of alkyl halides is 3. The fraction of sp³-hybridized carbons (Fsp3) is 0.647. The molecule has 2 saturated carbocycles.